The molecule has 156 valence electrons. The summed E-state index contributed by atoms with van der Waals surface area (Å²) in [5, 5.41) is 0.542. The van der Waals surface area contributed by atoms with Gasteiger partial charge in [0, 0.05) is 16.5 Å². The van der Waals surface area contributed by atoms with Crippen LogP contribution in [0.4, 0.5) is 4.39 Å². The number of primary amides is 1. The summed E-state index contributed by atoms with van der Waals surface area (Å²) >= 11 is 12.4. The quantitative estimate of drug-likeness (QED) is 0.501. The Morgan fingerprint density at radius 3 is 2.53 bits per heavy atom. The molecule has 0 unspecified atom stereocenters. The molecule has 0 bridgehead atoms. The number of carbonyl (C=O) groups is 1. The fourth-order valence-corrected chi connectivity index (χ4v) is 4.57. The lowest BCUT2D eigenvalue weighted by molar-refractivity contribution is 0.0996. The van der Waals surface area contributed by atoms with E-state index in [0.717, 1.165) is 42.8 Å². The van der Waals surface area contributed by atoms with Crippen LogP contribution in [0, 0.1) is 12.7 Å². The molecule has 4 rings (SSSR count). The third-order valence-electron chi connectivity index (χ3n) is 5.71. The van der Waals surface area contributed by atoms with Crippen molar-refractivity contribution in [3.8, 4) is 16.9 Å². The molecule has 2 aromatic carbocycles. The van der Waals surface area contributed by atoms with E-state index in [1.807, 2.05) is 29.7 Å². The molecule has 1 aliphatic carbocycles. The summed E-state index contributed by atoms with van der Waals surface area (Å²) in [6.45, 7) is 1.97. The van der Waals surface area contributed by atoms with Gasteiger partial charge in [-0.05, 0) is 55.7 Å². The lowest BCUT2D eigenvalue weighted by atomic mass is 9.88. The van der Waals surface area contributed by atoms with Crippen molar-refractivity contribution < 1.29 is 9.18 Å². The van der Waals surface area contributed by atoms with Crippen LogP contribution in [0.1, 0.15) is 59.9 Å². The minimum atomic E-state index is -0.638. The molecule has 7 heteroatoms. The first kappa shape index (κ1) is 20.9. The molecule has 1 aliphatic rings. The number of amides is 1. The van der Waals surface area contributed by atoms with E-state index in [9.17, 15) is 9.18 Å². The van der Waals surface area contributed by atoms with Crippen molar-refractivity contribution in [1.29, 1.82) is 0 Å². The summed E-state index contributed by atoms with van der Waals surface area (Å²) in [4.78, 5) is 17.1. The van der Waals surface area contributed by atoms with Gasteiger partial charge in [-0.3, -0.25) is 9.36 Å². The van der Waals surface area contributed by atoms with Crippen molar-refractivity contribution in [3.63, 3.8) is 0 Å². The standard InChI is InChI=1S/C23H22Cl2FN3O/c1-13-7-9-16(24)12-19(13)29-21(15-8-10-18(26)17(25)11-15)20(22(27)30)28-23(29)14-5-3-2-4-6-14/h7-12,14H,2-6H2,1H3,(H2,27,30). The number of halogens is 3. The number of hydrogen-bond acceptors (Lipinski definition) is 2. The molecule has 1 amide bonds. The molecule has 4 nitrogen and oxygen atoms in total. The van der Waals surface area contributed by atoms with Crippen LogP contribution in [0.15, 0.2) is 36.4 Å². The van der Waals surface area contributed by atoms with Gasteiger partial charge in [-0.25, -0.2) is 9.37 Å². The molecular formula is C23H22Cl2FN3O. The van der Waals surface area contributed by atoms with Gasteiger partial charge in [-0.15, -0.1) is 0 Å². The minimum Gasteiger partial charge on any atom is -0.364 e. The summed E-state index contributed by atoms with van der Waals surface area (Å²) in [7, 11) is 0. The third-order valence-corrected chi connectivity index (χ3v) is 6.24. The molecule has 30 heavy (non-hydrogen) atoms. The molecule has 0 spiro atoms. The maximum atomic E-state index is 13.8. The Balaban J connectivity index is 2.06. The first-order valence-electron chi connectivity index (χ1n) is 10.0. The molecule has 3 aromatic rings. The van der Waals surface area contributed by atoms with Crippen molar-refractivity contribution in [2.45, 2.75) is 44.9 Å². The van der Waals surface area contributed by atoms with E-state index in [2.05, 4.69) is 0 Å². The highest BCUT2D eigenvalue weighted by molar-refractivity contribution is 6.31. The van der Waals surface area contributed by atoms with Crippen molar-refractivity contribution in [3.05, 3.63) is 69.3 Å². The second-order valence-corrected chi connectivity index (χ2v) is 8.61. The van der Waals surface area contributed by atoms with Gasteiger partial charge in [0.1, 0.15) is 11.6 Å². The SMILES string of the molecule is Cc1ccc(Cl)cc1-n1c(C2CCCCC2)nc(C(N)=O)c1-c1ccc(F)c(Cl)c1. The van der Waals surface area contributed by atoms with Gasteiger partial charge in [0.25, 0.3) is 5.91 Å². The van der Waals surface area contributed by atoms with E-state index in [4.69, 9.17) is 33.9 Å². The summed E-state index contributed by atoms with van der Waals surface area (Å²) in [6, 6.07) is 9.97. The highest BCUT2D eigenvalue weighted by Crippen LogP contribution is 2.39. The molecule has 1 fully saturated rings. The highest BCUT2D eigenvalue weighted by atomic mass is 35.5. The lowest BCUT2D eigenvalue weighted by Crippen LogP contribution is -2.13. The number of benzene rings is 2. The molecule has 0 radical (unpaired) electrons. The number of carbonyl (C=O) groups excluding carboxylic acids is 1. The van der Waals surface area contributed by atoms with E-state index in [1.54, 1.807) is 6.07 Å². The van der Waals surface area contributed by atoms with Gasteiger partial charge >= 0.3 is 0 Å². The number of nitrogens with zero attached hydrogens (tertiary/aromatic N) is 2. The van der Waals surface area contributed by atoms with Crippen molar-refractivity contribution in [2.24, 2.45) is 5.73 Å². The van der Waals surface area contributed by atoms with Crippen molar-refractivity contribution in [1.82, 2.24) is 9.55 Å². The van der Waals surface area contributed by atoms with Crippen LogP contribution in [0.5, 0.6) is 0 Å². The monoisotopic (exact) mass is 445 g/mol. The van der Waals surface area contributed by atoms with Crippen LogP contribution >= 0.6 is 23.2 Å². The number of hydrogen-bond donors (Lipinski definition) is 1. The average Bonchev–Trinajstić information content (AvgIpc) is 3.13. The maximum Gasteiger partial charge on any atom is 0.269 e. The Morgan fingerprint density at radius 2 is 1.87 bits per heavy atom. The number of imidazole rings is 1. The zero-order chi connectivity index (χ0) is 21.4. The smallest absolute Gasteiger partial charge is 0.269 e. The molecule has 1 saturated carbocycles. The van der Waals surface area contributed by atoms with Crippen LogP contribution in [-0.4, -0.2) is 15.5 Å². The maximum absolute atomic E-state index is 13.8. The van der Waals surface area contributed by atoms with Gasteiger partial charge < -0.3 is 5.73 Å². The summed E-state index contributed by atoms with van der Waals surface area (Å²) in [6.07, 6.45) is 5.37. The van der Waals surface area contributed by atoms with E-state index < -0.39 is 11.7 Å². The van der Waals surface area contributed by atoms with E-state index in [-0.39, 0.29) is 16.6 Å². The fraction of sp³-hybridized carbons (Fsp3) is 0.304. The zero-order valence-corrected chi connectivity index (χ0v) is 18.1. The predicted octanol–water partition coefficient (Wildman–Crippen LogP) is 6.44. The fourth-order valence-electron chi connectivity index (χ4n) is 4.22. The zero-order valence-electron chi connectivity index (χ0n) is 16.6. The van der Waals surface area contributed by atoms with Crippen LogP contribution in [0.3, 0.4) is 0 Å². The normalized spacial score (nSPS) is 14.8. The summed E-state index contributed by atoms with van der Waals surface area (Å²) in [5.41, 5.74) is 8.75. The van der Waals surface area contributed by atoms with Crippen LogP contribution in [0.2, 0.25) is 10.0 Å². The van der Waals surface area contributed by atoms with Crippen LogP contribution in [0.25, 0.3) is 16.9 Å². The van der Waals surface area contributed by atoms with Gasteiger partial charge in [-0.2, -0.15) is 0 Å². The summed E-state index contributed by atoms with van der Waals surface area (Å²) < 4.78 is 15.8. The van der Waals surface area contributed by atoms with Gasteiger partial charge in [0.15, 0.2) is 5.69 Å². The molecule has 0 saturated heterocycles. The second-order valence-electron chi connectivity index (χ2n) is 7.76. The van der Waals surface area contributed by atoms with Gasteiger partial charge in [-0.1, -0.05) is 48.5 Å². The molecule has 1 aromatic heterocycles. The minimum absolute atomic E-state index is 0.0299. The molecule has 0 aliphatic heterocycles. The molecule has 2 N–H and O–H groups in total. The lowest BCUT2D eigenvalue weighted by Gasteiger charge is -2.24. The number of nitrogens with two attached hydrogens (primary N) is 1. The largest absolute Gasteiger partial charge is 0.364 e. The Bertz CT molecular complexity index is 1120. The first-order chi connectivity index (χ1) is 14.4. The van der Waals surface area contributed by atoms with Gasteiger partial charge in [0.05, 0.1) is 16.4 Å². The van der Waals surface area contributed by atoms with E-state index in [1.165, 1.54) is 18.6 Å². The Kier molecular flexibility index (Phi) is 5.85. The van der Waals surface area contributed by atoms with Crippen LogP contribution < -0.4 is 5.73 Å². The first-order valence-corrected chi connectivity index (χ1v) is 10.8. The van der Waals surface area contributed by atoms with Crippen molar-refractivity contribution >= 4 is 29.1 Å². The number of aryl methyl sites for hydroxylation is 1. The topological polar surface area (TPSA) is 60.9 Å². The van der Waals surface area contributed by atoms with E-state index >= 15 is 0 Å². The number of aromatic nitrogens is 2. The van der Waals surface area contributed by atoms with E-state index in [0.29, 0.717) is 16.3 Å². The molecule has 0 atom stereocenters. The van der Waals surface area contributed by atoms with Crippen LogP contribution in [-0.2, 0) is 0 Å². The average molecular weight is 446 g/mol. The number of rotatable bonds is 4. The Labute approximate surface area is 184 Å². The Hall–Kier alpha value is -2.37. The highest BCUT2D eigenvalue weighted by Gasteiger charge is 2.29. The van der Waals surface area contributed by atoms with Crippen molar-refractivity contribution in [2.75, 3.05) is 0 Å². The van der Waals surface area contributed by atoms with Gasteiger partial charge in [0.2, 0.25) is 0 Å². The predicted molar refractivity (Wildman–Crippen MR) is 118 cm³/mol. The molecule has 1 heterocycles. The Morgan fingerprint density at radius 1 is 1.13 bits per heavy atom. The third kappa shape index (κ3) is 3.84. The second kappa shape index (κ2) is 8.40. The molecular weight excluding hydrogens is 424 g/mol. The summed E-state index contributed by atoms with van der Waals surface area (Å²) in [5.74, 6) is -0.191.